The van der Waals surface area contributed by atoms with E-state index in [2.05, 4.69) is 0 Å². The van der Waals surface area contributed by atoms with Crippen LogP contribution in [0, 0.1) is 0 Å². The number of fused-ring (bicyclic) bond motifs is 1. The molecule has 1 aliphatic rings. The highest BCUT2D eigenvalue weighted by Gasteiger charge is 2.46. The highest BCUT2D eigenvalue weighted by atomic mass is 16.5. The van der Waals surface area contributed by atoms with Crippen molar-refractivity contribution in [3.05, 3.63) is 83.4 Å². The van der Waals surface area contributed by atoms with Crippen LogP contribution in [-0.4, -0.2) is 48.1 Å². The van der Waals surface area contributed by atoms with Gasteiger partial charge in [-0.3, -0.25) is 9.59 Å². The lowest BCUT2D eigenvalue weighted by Gasteiger charge is -2.26. The molecule has 170 valence electrons. The first-order valence-corrected chi connectivity index (χ1v) is 10.9. The number of nitrogens with zero attached hydrogens (tertiary/aromatic N) is 1. The summed E-state index contributed by atoms with van der Waals surface area (Å²) in [6.07, 6.45) is 0.0157. The zero-order valence-corrected chi connectivity index (χ0v) is 18.9. The summed E-state index contributed by atoms with van der Waals surface area (Å²) >= 11 is 0. The molecule has 4 rings (SSSR count). The van der Waals surface area contributed by atoms with Crippen LogP contribution in [0.1, 0.15) is 31.0 Å². The molecule has 0 bridgehead atoms. The van der Waals surface area contributed by atoms with E-state index in [4.69, 9.17) is 9.47 Å². The largest absolute Gasteiger partial charge is 0.507 e. The van der Waals surface area contributed by atoms with Gasteiger partial charge < -0.3 is 19.5 Å². The van der Waals surface area contributed by atoms with Crippen molar-refractivity contribution in [1.82, 2.24) is 4.90 Å². The molecule has 1 heterocycles. The smallest absolute Gasteiger partial charge is 0.295 e. The van der Waals surface area contributed by atoms with Crippen molar-refractivity contribution in [3.63, 3.8) is 0 Å². The monoisotopic (exact) mass is 445 g/mol. The van der Waals surface area contributed by atoms with Gasteiger partial charge in [-0.2, -0.15) is 0 Å². The average molecular weight is 446 g/mol. The number of likely N-dealkylation sites (tertiary alicyclic amines) is 1. The lowest BCUT2D eigenvalue weighted by molar-refractivity contribution is -0.140. The maximum absolute atomic E-state index is 13.2. The molecule has 1 atom stereocenters. The fourth-order valence-corrected chi connectivity index (χ4v) is 4.23. The van der Waals surface area contributed by atoms with E-state index in [-0.39, 0.29) is 30.6 Å². The number of methoxy groups -OCH3 is 1. The van der Waals surface area contributed by atoms with Crippen LogP contribution in [-0.2, 0) is 14.3 Å². The van der Waals surface area contributed by atoms with E-state index in [1.54, 1.807) is 31.4 Å². The molecule has 3 aromatic rings. The van der Waals surface area contributed by atoms with Gasteiger partial charge in [0.25, 0.3) is 11.7 Å². The number of aliphatic hydroxyl groups is 1. The topological polar surface area (TPSA) is 76.1 Å². The maximum atomic E-state index is 13.2. The van der Waals surface area contributed by atoms with E-state index >= 15 is 0 Å². The number of carbonyl (C=O) groups excluding carboxylic acids is 2. The highest BCUT2D eigenvalue weighted by molar-refractivity contribution is 6.46. The van der Waals surface area contributed by atoms with E-state index in [0.29, 0.717) is 11.3 Å². The Kier molecular flexibility index (Phi) is 6.47. The first kappa shape index (κ1) is 22.6. The number of hydrogen-bond acceptors (Lipinski definition) is 5. The van der Waals surface area contributed by atoms with E-state index in [0.717, 1.165) is 16.3 Å². The lowest BCUT2D eigenvalue weighted by Crippen LogP contribution is -2.32. The quantitative estimate of drug-likeness (QED) is 0.324. The summed E-state index contributed by atoms with van der Waals surface area (Å²) in [5.41, 5.74) is 1.30. The van der Waals surface area contributed by atoms with Crippen molar-refractivity contribution in [2.75, 3.05) is 20.3 Å². The third-order valence-electron chi connectivity index (χ3n) is 5.69. The number of ketones is 1. The van der Waals surface area contributed by atoms with Crippen LogP contribution in [0.2, 0.25) is 0 Å². The van der Waals surface area contributed by atoms with Crippen molar-refractivity contribution in [3.8, 4) is 5.75 Å². The molecule has 1 aliphatic heterocycles. The van der Waals surface area contributed by atoms with Crippen LogP contribution in [0.3, 0.4) is 0 Å². The summed E-state index contributed by atoms with van der Waals surface area (Å²) in [5, 5.41) is 13.1. The van der Waals surface area contributed by atoms with Gasteiger partial charge >= 0.3 is 0 Å². The maximum Gasteiger partial charge on any atom is 0.295 e. The molecule has 1 fully saturated rings. The standard InChI is InChI=1S/C27H27NO5/c1-17(2)33-20-13-11-19(12-14-20)25(29)23-24(28(15-16-32-3)27(31)26(23)30)22-10-6-8-18-7-4-5-9-21(18)22/h4-14,17,24,29H,15-16H2,1-3H3/b25-23-. The Bertz CT molecular complexity index is 1210. The summed E-state index contributed by atoms with van der Waals surface area (Å²) in [6, 6.07) is 19.7. The summed E-state index contributed by atoms with van der Waals surface area (Å²) in [4.78, 5) is 27.6. The number of carbonyl (C=O) groups is 2. The Morgan fingerprint density at radius 3 is 2.39 bits per heavy atom. The molecule has 6 nitrogen and oxygen atoms in total. The fourth-order valence-electron chi connectivity index (χ4n) is 4.23. The molecule has 0 spiro atoms. The van der Waals surface area contributed by atoms with E-state index < -0.39 is 17.7 Å². The Morgan fingerprint density at radius 1 is 1.00 bits per heavy atom. The predicted octanol–water partition coefficient (Wildman–Crippen LogP) is 4.70. The summed E-state index contributed by atoms with van der Waals surface area (Å²) in [5.74, 6) is -0.898. The second-order valence-electron chi connectivity index (χ2n) is 8.24. The van der Waals surface area contributed by atoms with Crippen LogP contribution < -0.4 is 4.74 Å². The molecule has 33 heavy (non-hydrogen) atoms. The minimum atomic E-state index is -0.724. The molecule has 6 heteroatoms. The molecule has 1 N–H and O–H groups in total. The van der Waals surface area contributed by atoms with Crippen molar-refractivity contribution in [2.24, 2.45) is 0 Å². The van der Waals surface area contributed by atoms with Gasteiger partial charge in [-0.1, -0.05) is 42.5 Å². The summed E-state index contributed by atoms with van der Waals surface area (Å²) in [6.45, 7) is 4.36. The second kappa shape index (κ2) is 9.46. The number of rotatable bonds is 7. The van der Waals surface area contributed by atoms with Crippen LogP contribution in [0.15, 0.2) is 72.3 Å². The predicted molar refractivity (Wildman–Crippen MR) is 127 cm³/mol. The molecular formula is C27H27NO5. The number of benzene rings is 3. The van der Waals surface area contributed by atoms with E-state index in [1.165, 1.54) is 4.90 Å². The van der Waals surface area contributed by atoms with Crippen LogP contribution >= 0.6 is 0 Å². The number of hydrogen-bond donors (Lipinski definition) is 1. The van der Waals surface area contributed by atoms with Crippen molar-refractivity contribution in [2.45, 2.75) is 26.0 Å². The minimum absolute atomic E-state index is 0.0157. The molecule has 3 aromatic carbocycles. The molecule has 0 saturated carbocycles. The fraction of sp³-hybridized carbons (Fsp3) is 0.259. The summed E-state index contributed by atoms with van der Waals surface area (Å²) < 4.78 is 10.9. The highest BCUT2D eigenvalue weighted by Crippen LogP contribution is 2.41. The van der Waals surface area contributed by atoms with Crippen LogP contribution in [0.4, 0.5) is 0 Å². The number of amides is 1. The Labute approximate surface area is 193 Å². The Morgan fingerprint density at radius 2 is 1.70 bits per heavy atom. The first-order valence-electron chi connectivity index (χ1n) is 10.9. The molecular weight excluding hydrogens is 418 g/mol. The van der Waals surface area contributed by atoms with Gasteiger partial charge in [-0.25, -0.2) is 0 Å². The molecule has 0 radical (unpaired) electrons. The SMILES string of the molecule is COCCN1C(=O)C(=O)/C(=C(\O)c2ccc(OC(C)C)cc2)C1c1cccc2ccccc12. The van der Waals surface area contributed by atoms with Gasteiger partial charge in [-0.05, 0) is 54.4 Å². The lowest BCUT2D eigenvalue weighted by atomic mass is 9.91. The van der Waals surface area contributed by atoms with Crippen LogP contribution in [0.5, 0.6) is 5.75 Å². The van der Waals surface area contributed by atoms with Crippen molar-refractivity contribution in [1.29, 1.82) is 0 Å². The second-order valence-corrected chi connectivity index (χ2v) is 8.24. The zero-order chi connectivity index (χ0) is 23.5. The third-order valence-corrected chi connectivity index (χ3v) is 5.69. The Balaban J connectivity index is 1.87. The minimum Gasteiger partial charge on any atom is -0.507 e. The normalized spacial score (nSPS) is 17.8. The van der Waals surface area contributed by atoms with Gasteiger partial charge in [0.15, 0.2) is 0 Å². The van der Waals surface area contributed by atoms with E-state index in [1.807, 2.05) is 56.3 Å². The van der Waals surface area contributed by atoms with Gasteiger partial charge in [0.2, 0.25) is 0 Å². The number of ether oxygens (including phenoxy) is 2. The number of aliphatic hydroxyl groups excluding tert-OH is 1. The Hall–Kier alpha value is -3.64. The van der Waals surface area contributed by atoms with Gasteiger partial charge in [0.05, 0.1) is 24.3 Å². The molecule has 0 aromatic heterocycles. The van der Waals surface area contributed by atoms with Crippen molar-refractivity contribution < 1.29 is 24.2 Å². The number of Topliss-reactive ketones (excluding diaryl/α,β-unsaturated/α-hetero) is 1. The molecule has 0 aliphatic carbocycles. The zero-order valence-electron chi connectivity index (χ0n) is 18.9. The molecule has 1 saturated heterocycles. The van der Waals surface area contributed by atoms with Gasteiger partial charge in [0, 0.05) is 19.2 Å². The molecule has 1 amide bonds. The summed E-state index contributed by atoms with van der Waals surface area (Å²) in [7, 11) is 1.55. The molecule has 1 unspecified atom stereocenters. The van der Waals surface area contributed by atoms with E-state index in [9.17, 15) is 14.7 Å². The van der Waals surface area contributed by atoms with Gasteiger partial charge in [0.1, 0.15) is 11.5 Å². The van der Waals surface area contributed by atoms with Crippen LogP contribution in [0.25, 0.3) is 16.5 Å². The van der Waals surface area contributed by atoms with Gasteiger partial charge in [-0.15, -0.1) is 0 Å². The third kappa shape index (κ3) is 4.34. The first-order chi connectivity index (χ1) is 15.9. The van der Waals surface area contributed by atoms with Crippen molar-refractivity contribution >= 4 is 28.2 Å². The average Bonchev–Trinajstić information content (AvgIpc) is 3.06.